The smallest absolute Gasteiger partial charge is 0.297 e. The molecule has 0 amide bonds. The molecule has 0 bridgehead atoms. The van der Waals surface area contributed by atoms with Crippen LogP contribution in [0.4, 0.5) is 0 Å². The van der Waals surface area contributed by atoms with Gasteiger partial charge in [0, 0.05) is 0 Å². The Morgan fingerprint density at radius 3 is 2.46 bits per heavy atom. The van der Waals surface area contributed by atoms with E-state index < -0.39 is 36.3 Å². The Labute approximate surface area is 72.4 Å². The summed E-state index contributed by atoms with van der Waals surface area (Å²) in [6, 6.07) is 0. The molecule has 1 fully saturated rings. The van der Waals surface area contributed by atoms with Gasteiger partial charge >= 0.3 is 0 Å². The van der Waals surface area contributed by atoms with E-state index in [1.807, 2.05) is 0 Å². The van der Waals surface area contributed by atoms with Gasteiger partial charge in [0.1, 0.15) is 18.3 Å². The van der Waals surface area contributed by atoms with Crippen molar-refractivity contribution in [3.63, 3.8) is 0 Å². The number of rotatable bonds is 3. The van der Waals surface area contributed by atoms with Gasteiger partial charge in [-0.1, -0.05) is 0 Å². The minimum atomic E-state index is -1.54. The lowest BCUT2D eigenvalue weighted by Crippen LogP contribution is -2.35. The maximum absolute atomic E-state index is 9.85. The van der Waals surface area contributed by atoms with Crippen molar-refractivity contribution in [2.24, 2.45) is 0 Å². The molecular weight excluding hydrogens is 186 g/mol. The minimum absolute atomic E-state index is 0.546. The fourth-order valence-corrected chi connectivity index (χ4v) is 1.04. The van der Waals surface area contributed by atoms with Gasteiger partial charge in [-0.15, -0.1) is 10.1 Å². The summed E-state index contributed by atoms with van der Waals surface area (Å²) >= 11 is 0. The van der Waals surface area contributed by atoms with Gasteiger partial charge in [-0.25, -0.2) is 0 Å². The van der Waals surface area contributed by atoms with Crippen LogP contribution in [0.15, 0.2) is 0 Å². The summed E-state index contributed by atoms with van der Waals surface area (Å²) < 4.78 is 4.63. The van der Waals surface area contributed by atoms with Crippen LogP contribution in [0, 0.1) is 10.1 Å². The molecular formula is C5H9NO7. The van der Waals surface area contributed by atoms with Gasteiger partial charge in [-0.05, 0) is 0 Å². The lowest BCUT2D eigenvalue weighted by molar-refractivity contribution is -0.781. The zero-order chi connectivity index (χ0) is 10.0. The maximum atomic E-state index is 9.85. The summed E-state index contributed by atoms with van der Waals surface area (Å²) in [5.74, 6) is 0. The fraction of sp³-hybridized carbons (Fsp3) is 1.00. The van der Waals surface area contributed by atoms with Gasteiger partial charge in [0.2, 0.25) is 6.29 Å². The molecule has 0 aromatic heterocycles. The number of aliphatic hydroxyl groups is 3. The quantitative estimate of drug-likeness (QED) is 0.340. The van der Waals surface area contributed by atoms with Crippen molar-refractivity contribution in [1.29, 1.82) is 0 Å². The Balaban J connectivity index is 2.55. The van der Waals surface area contributed by atoms with Gasteiger partial charge in [0.15, 0.2) is 0 Å². The molecule has 1 rings (SSSR count). The molecule has 4 atom stereocenters. The minimum Gasteiger partial charge on any atom is -0.394 e. The van der Waals surface area contributed by atoms with Crippen LogP contribution in [-0.4, -0.2) is 51.6 Å². The molecule has 1 heterocycles. The average Bonchev–Trinajstić information content (AvgIpc) is 2.32. The Hall–Kier alpha value is -0.960. The predicted octanol–water partition coefficient (Wildman–Crippen LogP) is -2.37. The van der Waals surface area contributed by atoms with E-state index in [-0.39, 0.29) is 0 Å². The molecule has 0 aliphatic carbocycles. The zero-order valence-electron chi connectivity index (χ0n) is 6.44. The van der Waals surface area contributed by atoms with E-state index in [2.05, 4.69) is 9.57 Å². The van der Waals surface area contributed by atoms with Crippen LogP contribution in [0.1, 0.15) is 0 Å². The third kappa shape index (κ3) is 2.04. The van der Waals surface area contributed by atoms with Crippen molar-refractivity contribution in [2.75, 3.05) is 6.61 Å². The van der Waals surface area contributed by atoms with E-state index in [0.29, 0.717) is 0 Å². The van der Waals surface area contributed by atoms with E-state index in [0.717, 1.165) is 0 Å². The standard InChI is InChI=1S/C5H9NO7/c7-1-2-3(8)4(9)5(12-2)13-6(10)11/h2-5,7-9H,1H2/t2-,3+,4-,5?/m1/s1. The van der Waals surface area contributed by atoms with Crippen LogP contribution in [-0.2, 0) is 9.57 Å². The number of ether oxygens (including phenoxy) is 1. The van der Waals surface area contributed by atoms with Gasteiger partial charge in [-0.2, -0.15) is 0 Å². The normalized spacial score (nSPS) is 39.0. The molecule has 8 nitrogen and oxygen atoms in total. The summed E-state index contributed by atoms with van der Waals surface area (Å²) in [7, 11) is 0. The van der Waals surface area contributed by atoms with Crippen molar-refractivity contribution < 1.29 is 30.0 Å². The van der Waals surface area contributed by atoms with Crippen LogP contribution >= 0.6 is 0 Å². The van der Waals surface area contributed by atoms with E-state index in [1.54, 1.807) is 0 Å². The Kier molecular flexibility index (Phi) is 2.98. The summed E-state index contributed by atoms with van der Waals surface area (Å²) in [6.07, 6.45) is -5.50. The molecule has 0 aromatic carbocycles. The molecule has 3 N–H and O–H groups in total. The molecule has 76 valence electrons. The molecule has 0 aromatic rings. The molecule has 0 saturated carbocycles. The summed E-state index contributed by atoms with van der Waals surface area (Å²) in [6.45, 7) is -0.546. The zero-order valence-corrected chi connectivity index (χ0v) is 6.44. The molecule has 8 heteroatoms. The highest BCUT2D eigenvalue weighted by molar-refractivity contribution is 4.85. The highest BCUT2D eigenvalue weighted by atomic mass is 17.0. The second kappa shape index (κ2) is 3.83. The van der Waals surface area contributed by atoms with Crippen LogP contribution in [0.25, 0.3) is 0 Å². The van der Waals surface area contributed by atoms with Crippen LogP contribution in [0.2, 0.25) is 0 Å². The third-order valence-corrected chi connectivity index (χ3v) is 1.69. The summed E-state index contributed by atoms with van der Waals surface area (Å²) in [5.41, 5.74) is 0. The lowest BCUT2D eigenvalue weighted by atomic mass is 10.1. The predicted molar refractivity (Wildman–Crippen MR) is 35.8 cm³/mol. The first-order chi connectivity index (χ1) is 6.06. The topological polar surface area (TPSA) is 122 Å². The first kappa shape index (κ1) is 10.1. The second-order valence-electron chi connectivity index (χ2n) is 2.54. The molecule has 1 saturated heterocycles. The van der Waals surface area contributed by atoms with Crippen LogP contribution in [0.3, 0.4) is 0 Å². The number of hydrogen-bond acceptors (Lipinski definition) is 7. The van der Waals surface area contributed by atoms with Gasteiger partial charge in [-0.3, -0.25) is 4.84 Å². The first-order valence-corrected chi connectivity index (χ1v) is 3.50. The van der Waals surface area contributed by atoms with Crippen molar-refractivity contribution in [2.45, 2.75) is 24.6 Å². The van der Waals surface area contributed by atoms with Gasteiger partial charge < -0.3 is 20.1 Å². The number of aliphatic hydroxyl groups excluding tert-OH is 3. The average molecular weight is 195 g/mol. The van der Waals surface area contributed by atoms with E-state index in [9.17, 15) is 10.1 Å². The van der Waals surface area contributed by atoms with Crippen molar-refractivity contribution in [1.82, 2.24) is 0 Å². The molecule has 1 unspecified atom stereocenters. The Bertz CT molecular complexity index is 197. The highest BCUT2D eigenvalue weighted by Crippen LogP contribution is 2.21. The molecule has 1 aliphatic rings. The highest BCUT2D eigenvalue weighted by Gasteiger charge is 2.44. The van der Waals surface area contributed by atoms with Crippen molar-refractivity contribution >= 4 is 0 Å². The Morgan fingerprint density at radius 2 is 2.08 bits per heavy atom. The van der Waals surface area contributed by atoms with E-state index in [1.165, 1.54) is 0 Å². The van der Waals surface area contributed by atoms with Crippen LogP contribution in [0.5, 0.6) is 0 Å². The summed E-state index contributed by atoms with van der Waals surface area (Å²) in [5, 5.41) is 35.5. The third-order valence-electron chi connectivity index (χ3n) is 1.69. The van der Waals surface area contributed by atoms with E-state index >= 15 is 0 Å². The fourth-order valence-electron chi connectivity index (χ4n) is 1.04. The largest absolute Gasteiger partial charge is 0.394 e. The summed E-state index contributed by atoms with van der Waals surface area (Å²) in [4.78, 5) is 13.8. The van der Waals surface area contributed by atoms with Crippen molar-refractivity contribution in [3.05, 3.63) is 10.1 Å². The number of nitrogens with zero attached hydrogens (tertiary/aromatic N) is 1. The van der Waals surface area contributed by atoms with Gasteiger partial charge in [0.25, 0.3) is 5.09 Å². The second-order valence-corrected chi connectivity index (χ2v) is 2.54. The monoisotopic (exact) mass is 195 g/mol. The van der Waals surface area contributed by atoms with Crippen LogP contribution < -0.4 is 0 Å². The Morgan fingerprint density at radius 1 is 1.46 bits per heavy atom. The SMILES string of the molecule is O=[N+]([O-])OC1O[C@H](CO)[C@H](O)[C@H]1O. The molecule has 1 aliphatic heterocycles. The van der Waals surface area contributed by atoms with Crippen molar-refractivity contribution in [3.8, 4) is 0 Å². The molecule has 0 spiro atoms. The maximum Gasteiger partial charge on any atom is 0.297 e. The van der Waals surface area contributed by atoms with E-state index in [4.69, 9.17) is 15.3 Å². The molecule has 0 radical (unpaired) electrons. The van der Waals surface area contributed by atoms with Gasteiger partial charge in [0.05, 0.1) is 6.61 Å². The first-order valence-electron chi connectivity index (χ1n) is 3.50. The number of hydrogen-bond donors (Lipinski definition) is 3. The molecule has 13 heavy (non-hydrogen) atoms. The lowest BCUT2D eigenvalue weighted by Gasteiger charge is -2.11.